The number of carbonyl (C=O) groups is 1. The minimum Gasteiger partial charge on any atom is -0.444 e. The molecule has 2 aromatic rings. The van der Waals surface area contributed by atoms with E-state index in [1.165, 1.54) is 17.5 Å². The van der Waals surface area contributed by atoms with Crippen molar-refractivity contribution < 1.29 is 9.53 Å². The van der Waals surface area contributed by atoms with Gasteiger partial charge in [0, 0.05) is 19.6 Å². The Kier molecular flexibility index (Phi) is 6.17. The van der Waals surface area contributed by atoms with Crippen LogP contribution in [0.3, 0.4) is 0 Å². The maximum absolute atomic E-state index is 11.8. The Labute approximate surface area is 162 Å². The van der Waals surface area contributed by atoms with Crippen molar-refractivity contribution in [3.05, 3.63) is 71.3 Å². The molecule has 1 aliphatic rings. The Bertz CT molecular complexity index is 735. The van der Waals surface area contributed by atoms with Crippen LogP contribution in [0.15, 0.2) is 54.6 Å². The molecule has 0 aliphatic carbocycles. The number of rotatable bonds is 5. The molecule has 1 amide bonds. The molecule has 1 heterocycles. The SMILES string of the molecule is CC(C)(C)OC(=O)NCc1ccc(C2CCN(Cc3ccccc3)C2)cc1. The van der Waals surface area contributed by atoms with Crippen LogP contribution in [0.1, 0.15) is 49.8 Å². The number of benzene rings is 2. The van der Waals surface area contributed by atoms with Gasteiger partial charge in [-0.2, -0.15) is 0 Å². The van der Waals surface area contributed by atoms with E-state index in [1.807, 2.05) is 20.8 Å². The first-order chi connectivity index (χ1) is 12.9. The summed E-state index contributed by atoms with van der Waals surface area (Å²) >= 11 is 0. The average molecular weight is 367 g/mol. The molecule has 0 saturated carbocycles. The monoisotopic (exact) mass is 366 g/mol. The number of carbonyl (C=O) groups excluding carboxylic acids is 1. The first-order valence-corrected chi connectivity index (χ1v) is 9.71. The van der Waals surface area contributed by atoms with Crippen LogP contribution in [0.4, 0.5) is 4.79 Å². The van der Waals surface area contributed by atoms with E-state index in [1.54, 1.807) is 0 Å². The largest absolute Gasteiger partial charge is 0.444 e. The average Bonchev–Trinajstić information content (AvgIpc) is 3.08. The highest BCUT2D eigenvalue weighted by molar-refractivity contribution is 5.67. The molecular weight excluding hydrogens is 336 g/mol. The summed E-state index contributed by atoms with van der Waals surface area (Å²) in [6.07, 6.45) is 0.821. The van der Waals surface area contributed by atoms with Crippen molar-refractivity contribution in [2.75, 3.05) is 13.1 Å². The Morgan fingerprint density at radius 2 is 1.78 bits per heavy atom. The van der Waals surface area contributed by atoms with Crippen LogP contribution in [0, 0.1) is 0 Å². The van der Waals surface area contributed by atoms with Gasteiger partial charge in [-0.25, -0.2) is 4.79 Å². The third-order valence-corrected chi connectivity index (χ3v) is 4.81. The van der Waals surface area contributed by atoms with Gasteiger partial charge in [-0.05, 0) is 56.3 Å². The first kappa shape index (κ1) is 19.4. The van der Waals surface area contributed by atoms with Crippen molar-refractivity contribution >= 4 is 6.09 Å². The number of hydrogen-bond acceptors (Lipinski definition) is 3. The molecule has 2 aromatic carbocycles. The van der Waals surface area contributed by atoms with E-state index >= 15 is 0 Å². The lowest BCUT2D eigenvalue weighted by Crippen LogP contribution is -2.32. The summed E-state index contributed by atoms with van der Waals surface area (Å²) in [5.74, 6) is 0.585. The molecule has 0 radical (unpaired) electrons. The molecule has 0 bridgehead atoms. The lowest BCUT2D eigenvalue weighted by atomic mass is 9.97. The summed E-state index contributed by atoms with van der Waals surface area (Å²) in [6.45, 7) is 9.35. The van der Waals surface area contributed by atoms with Crippen LogP contribution in [0.2, 0.25) is 0 Å². The van der Waals surface area contributed by atoms with Gasteiger partial charge in [0.05, 0.1) is 0 Å². The second-order valence-electron chi connectivity index (χ2n) is 8.30. The lowest BCUT2D eigenvalue weighted by molar-refractivity contribution is 0.0523. The summed E-state index contributed by atoms with van der Waals surface area (Å²) in [6, 6.07) is 19.3. The van der Waals surface area contributed by atoms with Crippen molar-refractivity contribution in [1.82, 2.24) is 10.2 Å². The molecule has 4 nitrogen and oxygen atoms in total. The predicted molar refractivity (Wildman–Crippen MR) is 109 cm³/mol. The second-order valence-corrected chi connectivity index (χ2v) is 8.30. The highest BCUT2D eigenvalue weighted by Gasteiger charge is 2.23. The molecule has 0 aromatic heterocycles. The van der Waals surface area contributed by atoms with Crippen molar-refractivity contribution in [2.24, 2.45) is 0 Å². The van der Waals surface area contributed by atoms with E-state index in [0.29, 0.717) is 12.5 Å². The highest BCUT2D eigenvalue weighted by atomic mass is 16.6. The zero-order valence-electron chi connectivity index (χ0n) is 16.6. The standard InChI is InChI=1S/C23H30N2O2/c1-23(2,3)27-22(26)24-15-18-9-11-20(12-10-18)21-13-14-25(17-21)16-19-7-5-4-6-8-19/h4-12,21H,13-17H2,1-3H3,(H,24,26). The van der Waals surface area contributed by atoms with Crippen molar-refractivity contribution in [1.29, 1.82) is 0 Å². The summed E-state index contributed by atoms with van der Waals surface area (Å²) in [7, 11) is 0. The van der Waals surface area contributed by atoms with Gasteiger partial charge in [0.1, 0.15) is 5.60 Å². The first-order valence-electron chi connectivity index (χ1n) is 9.71. The number of ether oxygens (including phenoxy) is 1. The Morgan fingerprint density at radius 3 is 2.44 bits per heavy atom. The number of hydrogen-bond donors (Lipinski definition) is 1. The van der Waals surface area contributed by atoms with E-state index in [2.05, 4.69) is 64.8 Å². The number of amides is 1. The minimum absolute atomic E-state index is 0.376. The maximum Gasteiger partial charge on any atom is 0.407 e. The fourth-order valence-corrected chi connectivity index (χ4v) is 3.49. The second kappa shape index (κ2) is 8.57. The van der Waals surface area contributed by atoms with Crippen LogP contribution in [-0.2, 0) is 17.8 Å². The van der Waals surface area contributed by atoms with Crippen molar-refractivity contribution in [3.63, 3.8) is 0 Å². The normalized spacial score (nSPS) is 17.7. The van der Waals surface area contributed by atoms with Crippen LogP contribution in [0.5, 0.6) is 0 Å². The van der Waals surface area contributed by atoms with Gasteiger partial charge in [0.25, 0.3) is 0 Å². The third kappa shape index (κ3) is 6.10. The molecule has 27 heavy (non-hydrogen) atoms. The van der Waals surface area contributed by atoms with Crippen molar-refractivity contribution in [2.45, 2.75) is 51.8 Å². The van der Waals surface area contributed by atoms with Gasteiger partial charge in [-0.1, -0.05) is 54.6 Å². The lowest BCUT2D eigenvalue weighted by Gasteiger charge is -2.19. The molecule has 1 unspecified atom stereocenters. The molecule has 1 aliphatic heterocycles. The predicted octanol–water partition coefficient (Wildman–Crippen LogP) is 4.70. The fourth-order valence-electron chi connectivity index (χ4n) is 3.49. The number of alkyl carbamates (subject to hydrolysis) is 1. The zero-order valence-corrected chi connectivity index (χ0v) is 16.6. The molecule has 3 rings (SSSR count). The minimum atomic E-state index is -0.470. The van der Waals surface area contributed by atoms with Crippen LogP contribution >= 0.6 is 0 Å². The molecule has 1 atom stereocenters. The van der Waals surface area contributed by atoms with Crippen LogP contribution in [-0.4, -0.2) is 29.7 Å². The highest BCUT2D eigenvalue weighted by Crippen LogP contribution is 2.28. The van der Waals surface area contributed by atoms with Gasteiger partial charge < -0.3 is 10.1 Å². The zero-order chi connectivity index (χ0) is 19.3. The third-order valence-electron chi connectivity index (χ3n) is 4.81. The van der Waals surface area contributed by atoms with Gasteiger partial charge in [0.2, 0.25) is 0 Å². The number of nitrogens with zero attached hydrogens (tertiary/aromatic N) is 1. The van der Waals surface area contributed by atoms with Gasteiger partial charge in [-0.15, -0.1) is 0 Å². The Balaban J connectivity index is 1.48. The van der Waals surface area contributed by atoms with E-state index in [0.717, 1.165) is 25.2 Å². The molecule has 1 fully saturated rings. The molecule has 1 N–H and O–H groups in total. The summed E-state index contributed by atoms with van der Waals surface area (Å²) in [4.78, 5) is 14.3. The van der Waals surface area contributed by atoms with Gasteiger partial charge in [0.15, 0.2) is 0 Å². The number of nitrogens with one attached hydrogen (secondary N) is 1. The maximum atomic E-state index is 11.8. The Hall–Kier alpha value is -2.33. The van der Waals surface area contributed by atoms with Crippen LogP contribution < -0.4 is 5.32 Å². The van der Waals surface area contributed by atoms with E-state index < -0.39 is 5.60 Å². The molecule has 4 heteroatoms. The summed E-state index contributed by atoms with van der Waals surface area (Å²) in [5.41, 5.74) is 3.37. The van der Waals surface area contributed by atoms with Crippen LogP contribution in [0.25, 0.3) is 0 Å². The van der Waals surface area contributed by atoms with Crippen molar-refractivity contribution in [3.8, 4) is 0 Å². The Morgan fingerprint density at radius 1 is 1.07 bits per heavy atom. The smallest absolute Gasteiger partial charge is 0.407 e. The molecule has 144 valence electrons. The summed E-state index contributed by atoms with van der Waals surface area (Å²) < 4.78 is 5.27. The molecule has 0 spiro atoms. The number of likely N-dealkylation sites (tertiary alicyclic amines) is 1. The summed E-state index contributed by atoms with van der Waals surface area (Å²) in [5, 5.41) is 2.81. The molecule has 1 saturated heterocycles. The van der Waals surface area contributed by atoms with Gasteiger partial charge in [-0.3, -0.25) is 4.90 Å². The quantitative estimate of drug-likeness (QED) is 0.834. The van der Waals surface area contributed by atoms with Gasteiger partial charge >= 0.3 is 6.09 Å². The van der Waals surface area contributed by atoms with E-state index in [4.69, 9.17) is 4.74 Å². The van der Waals surface area contributed by atoms with E-state index in [9.17, 15) is 4.79 Å². The van der Waals surface area contributed by atoms with E-state index in [-0.39, 0.29) is 6.09 Å². The molecular formula is C23H30N2O2. The fraction of sp³-hybridized carbons (Fsp3) is 0.435. The topological polar surface area (TPSA) is 41.6 Å².